The van der Waals surface area contributed by atoms with Gasteiger partial charge in [0.15, 0.2) is 0 Å². The predicted octanol–water partition coefficient (Wildman–Crippen LogP) is 4.39. The average Bonchev–Trinajstić information content (AvgIpc) is 1.97. The van der Waals surface area contributed by atoms with E-state index in [2.05, 4.69) is 13.8 Å². The zero-order valence-corrected chi connectivity index (χ0v) is 8.93. The molecule has 0 aromatic heterocycles. The summed E-state index contributed by atoms with van der Waals surface area (Å²) in [5.41, 5.74) is 0. The minimum absolute atomic E-state index is 1.33. The van der Waals surface area contributed by atoms with E-state index >= 15 is 0 Å². The lowest BCUT2D eigenvalue weighted by atomic mass is 10.2. The van der Waals surface area contributed by atoms with Crippen LogP contribution in [-0.4, -0.2) is 12.3 Å². The maximum Gasteiger partial charge on any atom is -0.0242 e. The molecule has 0 amide bonds. The van der Waals surface area contributed by atoms with Gasteiger partial charge < -0.3 is 0 Å². The molecule has 0 bridgehead atoms. The largest absolute Gasteiger partial charge is 0.0654 e. The molecule has 0 N–H and O–H groups in total. The van der Waals surface area contributed by atoms with Crippen LogP contribution in [0.3, 0.4) is 0 Å². The van der Waals surface area contributed by atoms with Crippen LogP contribution in [0.25, 0.3) is 0 Å². The van der Waals surface area contributed by atoms with Gasteiger partial charge >= 0.3 is 0 Å². The van der Waals surface area contributed by atoms with E-state index < -0.39 is 0 Å². The highest BCUT2D eigenvalue weighted by Gasteiger charge is 1.88. The van der Waals surface area contributed by atoms with E-state index in [0.717, 1.165) is 0 Å². The van der Waals surface area contributed by atoms with Gasteiger partial charge in [-0.3, -0.25) is 0 Å². The maximum atomic E-state index is 2.27. The van der Waals surface area contributed by atoms with Gasteiger partial charge in [0, 0.05) is 0 Å². The molecule has 0 aromatic rings. The second kappa shape index (κ2) is 9.86. The Morgan fingerprint density at radius 1 is 0.900 bits per heavy atom. The lowest BCUT2D eigenvalue weighted by molar-refractivity contribution is 0.706. The van der Waals surface area contributed by atoms with Crippen LogP contribution in [0.1, 0.15) is 39.5 Å². The van der Waals surface area contributed by atoms with E-state index in [1.807, 2.05) is 0 Å². The predicted molar refractivity (Wildman–Crippen MR) is 53.4 cm³/mol. The monoisotopic (exact) mass is 176 g/mol. The van der Waals surface area contributed by atoms with Crippen molar-refractivity contribution in [2.75, 3.05) is 12.3 Å². The van der Waals surface area contributed by atoms with Gasteiger partial charge in [0.05, 0.1) is 0 Å². The van der Waals surface area contributed by atoms with Gasteiger partial charge in [-0.25, -0.2) is 0 Å². The van der Waals surface area contributed by atoms with Crippen molar-refractivity contribution in [3.05, 3.63) is 0 Å². The minimum atomic E-state index is 1.33. The number of rotatable bonds is 7. The first-order valence-corrected chi connectivity index (χ1v) is 7.11. The van der Waals surface area contributed by atoms with Crippen molar-refractivity contribution in [1.29, 1.82) is 0 Å². The number of hydrogen-bond acceptors (Lipinski definition) is 0. The number of unbranched alkanes of at least 4 members (excludes halogenated alkanes) is 3. The second-order valence-corrected chi connectivity index (χ2v) is 5.73. The summed E-state index contributed by atoms with van der Waals surface area (Å²) in [5, 5.41) is 0. The molecule has 0 saturated heterocycles. The lowest BCUT2D eigenvalue weighted by Gasteiger charge is -1.96. The van der Waals surface area contributed by atoms with Crippen LogP contribution in [0, 0.1) is 0 Å². The van der Waals surface area contributed by atoms with Gasteiger partial charge in [-0.05, 0) is 35.3 Å². The Labute approximate surface area is 69.0 Å². The molecule has 0 heterocycles. The Kier molecular flexibility index (Phi) is 10.7. The summed E-state index contributed by atoms with van der Waals surface area (Å²) in [4.78, 5) is 0. The van der Waals surface area contributed by atoms with E-state index in [-0.39, 0.29) is 0 Å². The molecular formula is C8H18P2. The van der Waals surface area contributed by atoms with Gasteiger partial charge in [0.1, 0.15) is 0 Å². The Balaban J connectivity index is 2.65. The summed E-state index contributed by atoms with van der Waals surface area (Å²) in [6.45, 7) is 4.52. The van der Waals surface area contributed by atoms with Gasteiger partial charge in [0.25, 0.3) is 0 Å². The van der Waals surface area contributed by atoms with E-state index in [1.165, 1.54) is 38.0 Å². The molecule has 2 heteroatoms. The molecule has 10 heavy (non-hydrogen) atoms. The van der Waals surface area contributed by atoms with Crippen molar-refractivity contribution in [2.45, 2.75) is 39.5 Å². The summed E-state index contributed by atoms with van der Waals surface area (Å²) in [6, 6.07) is 0. The molecule has 0 aromatic carbocycles. The molecule has 2 radical (unpaired) electrons. The van der Waals surface area contributed by atoms with Crippen LogP contribution >= 0.6 is 16.5 Å². The molecule has 0 fully saturated rings. The highest BCUT2D eigenvalue weighted by molar-refractivity contribution is 8.11. The van der Waals surface area contributed by atoms with Crippen LogP contribution in [0.2, 0.25) is 0 Å². The molecule has 0 nitrogen and oxygen atoms in total. The van der Waals surface area contributed by atoms with Crippen molar-refractivity contribution < 1.29 is 0 Å². The van der Waals surface area contributed by atoms with Crippen LogP contribution in [0.15, 0.2) is 0 Å². The van der Waals surface area contributed by atoms with Gasteiger partial charge in [-0.15, -0.1) is 0 Å². The second-order valence-electron chi connectivity index (χ2n) is 2.38. The van der Waals surface area contributed by atoms with E-state index in [0.29, 0.717) is 0 Å². The average molecular weight is 176 g/mol. The summed E-state index contributed by atoms with van der Waals surface area (Å²) >= 11 is 0. The summed E-state index contributed by atoms with van der Waals surface area (Å²) < 4.78 is 0. The molecule has 60 valence electrons. The summed E-state index contributed by atoms with van der Waals surface area (Å²) in [7, 11) is 3.26. The van der Waals surface area contributed by atoms with Crippen molar-refractivity contribution in [1.82, 2.24) is 0 Å². The minimum Gasteiger partial charge on any atom is -0.0654 e. The molecule has 0 rings (SSSR count). The van der Waals surface area contributed by atoms with Gasteiger partial charge in [-0.2, -0.15) is 0 Å². The summed E-state index contributed by atoms with van der Waals surface area (Å²) in [5.74, 6) is 0. The van der Waals surface area contributed by atoms with Crippen molar-refractivity contribution >= 4 is 16.5 Å². The zero-order chi connectivity index (χ0) is 7.66. The first kappa shape index (κ1) is 10.9. The Hall–Kier alpha value is 0.860. The topological polar surface area (TPSA) is 0 Å². The normalized spacial score (nSPS) is 12.6. The van der Waals surface area contributed by atoms with Crippen molar-refractivity contribution in [3.63, 3.8) is 0 Å². The van der Waals surface area contributed by atoms with Crippen LogP contribution in [-0.2, 0) is 0 Å². The third kappa shape index (κ3) is 8.86. The fourth-order valence-corrected chi connectivity index (χ4v) is 2.93. The fourth-order valence-electron chi connectivity index (χ4n) is 0.780. The third-order valence-corrected chi connectivity index (χ3v) is 4.40. The van der Waals surface area contributed by atoms with E-state index in [1.54, 1.807) is 16.5 Å². The Bertz CT molecular complexity index is 47.2. The van der Waals surface area contributed by atoms with E-state index in [9.17, 15) is 0 Å². The smallest absolute Gasteiger partial charge is 0.0242 e. The highest BCUT2D eigenvalue weighted by atomic mass is 32.0. The molecule has 0 saturated carbocycles. The summed E-state index contributed by atoms with van der Waals surface area (Å²) in [6.07, 6.45) is 8.44. The molecular weight excluding hydrogens is 158 g/mol. The van der Waals surface area contributed by atoms with E-state index in [4.69, 9.17) is 0 Å². The SMILES string of the molecule is CCCCCC[P][P]CC. The standard InChI is InChI=1S/C8H18P2/c1-3-5-6-7-8-10-9-4-2/h3-8H2,1-2H3. The molecule has 0 unspecified atom stereocenters. The Morgan fingerprint density at radius 2 is 1.70 bits per heavy atom. The van der Waals surface area contributed by atoms with Crippen LogP contribution in [0.5, 0.6) is 0 Å². The molecule has 0 atom stereocenters. The highest BCUT2D eigenvalue weighted by Crippen LogP contribution is 2.36. The first-order chi connectivity index (χ1) is 4.91. The third-order valence-electron chi connectivity index (χ3n) is 1.35. The van der Waals surface area contributed by atoms with Crippen molar-refractivity contribution in [2.24, 2.45) is 0 Å². The van der Waals surface area contributed by atoms with Crippen molar-refractivity contribution in [3.8, 4) is 0 Å². The first-order valence-electron chi connectivity index (χ1n) is 4.25. The molecule has 0 aliphatic carbocycles. The lowest BCUT2D eigenvalue weighted by Crippen LogP contribution is -1.76. The quantitative estimate of drug-likeness (QED) is 0.398. The zero-order valence-electron chi connectivity index (χ0n) is 7.14. The molecule has 0 aliphatic rings. The van der Waals surface area contributed by atoms with Gasteiger partial charge in [-0.1, -0.05) is 33.1 Å². The Morgan fingerprint density at radius 3 is 2.30 bits per heavy atom. The van der Waals surface area contributed by atoms with Crippen LogP contribution < -0.4 is 0 Å². The fraction of sp³-hybridized carbons (Fsp3) is 1.00. The molecule has 0 aliphatic heterocycles. The number of hydrogen-bond donors (Lipinski definition) is 0. The molecule has 0 spiro atoms. The van der Waals surface area contributed by atoms with Gasteiger partial charge in [0.2, 0.25) is 0 Å². The van der Waals surface area contributed by atoms with Crippen LogP contribution in [0.4, 0.5) is 0 Å². The maximum absolute atomic E-state index is 2.27.